The Morgan fingerprint density at radius 1 is 1.15 bits per heavy atom. The van der Waals surface area contributed by atoms with Crippen LogP contribution in [-0.4, -0.2) is 47.4 Å². The summed E-state index contributed by atoms with van der Waals surface area (Å²) in [5.74, 6) is -0.438. The van der Waals surface area contributed by atoms with Gasteiger partial charge < -0.3 is 10.1 Å². The van der Waals surface area contributed by atoms with Gasteiger partial charge in [-0.2, -0.15) is 5.10 Å². The molecule has 0 saturated carbocycles. The number of nitrogens with zero attached hydrogens (tertiary/aromatic N) is 3. The molecular weight excluding hydrogens is 416 g/mol. The summed E-state index contributed by atoms with van der Waals surface area (Å²) in [5, 5.41) is 7.70. The third kappa shape index (κ3) is 4.28. The lowest BCUT2D eigenvalue weighted by atomic mass is 9.92. The average molecular weight is 447 g/mol. The SMILES string of the molecule is CCc1ccccc1N1C(=O)c2cc(-c3ccccc3)nn2C[C@@]1(C)C(=O)NCCCOC. The summed E-state index contributed by atoms with van der Waals surface area (Å²) >= 11 is 0. The van der Waals surface area contributed by atoms with E-state index in [1.807, 2.05) is 74.5 Å². The second kappa shape index (κ2) is 9.58. The van der Waals surface area contributed by atoms with Crippen molar-refractivity contribution in [3.05, 3.63) is 71.9 Å². The molecular formula is C26H30N4O3. The van der Waals surface area contributed by atoms with E-state index in [1.54, 1.807) is 16.7 Å². The quantitative estimate of drug-likeness (QED) is 0.536. The van der Waals surface area contributed by atoms with E-state index < -0.39 is 5.54 Å². The Morgan fingerprint density at radius 2 is 1.88 bits per heavy atom. The van der Waals surface area contributed by atoms with E-state index in [0.29, 0.717) is 31.0 Å². The van der Waals surface area contributed by atoms with Crippen molar-refractivity contribution in [2.45, 2.75) is 38.8 Å². The maximum Gasteiger partial charge on any atom is 0.277 e. The molecule has 1 atom stereocenters. The predicted molar refractivity (Wildman–Crippen MR) is 128 cm³/mol. The molecule has 2 amide bonds. The van der Waals surface area contributed by atoms with Crippen molar-refractivity contribution in [3.63, 3.8) is 0 Å². The minimum Gasteiger partial charge on any atom is -0.385 e. The maximum atomic E-state index is 13.9. The summed E-state index contributed by atoms with van der Waals surface area (Å²) in [7, 11) is 1.63. The molecule has 7 nitrogen and oxygen atoms in total. The third-order valence-electron chi connectivity index (χ3n) is 6.14. The largest absolute Gasteiger partial charge is 0.385 e. The molecule has 172 valence electrons. The highest BCUT2D eigenvalue weighted by atomic mass is 16.5. The number of hydrogen-bond donors (Lipinski definition) is 1. The number of para-hydroxylation sites is 1. The van der Waals surface area contributed by atoms with Gasteiger partial charge in [-0.25, -0.2) is 0 Å². The Hall–Kier alpha value is -3.45. The van der Waals surface area contributed by atoms with Gasteiger partial charge in [-0.15, -0.1) is 0 Å². The van der Waals surface area contributed by atoms with Gasteiger partial charge in [0.15, 0.2) is 0 Å². The molecule has 7 heteroatoms. The van der Waals surface area contributed by atoms with Crippen LogP contribution >= 0.6 is 0 Å². The summed E-state index contributed by atoms with van der Waals surface area (Å²) in [4.78, 5) is 29.1. The summed E-state index contributed by atoms with van der Waals surface area (Å²) in [6.07, 6.45) is 1.45. The number of methoxy groups -OCH3 is 1. The normalized spacial score (nSPS) is 17.7. The van der Waals surface area contributed by atoms with Crippen molar-refractivity contribution in [2.75, 3.05) is 25.2 Å². The van der Waals surface area contributed by atoms with Crippen LogP contribution in [0, 0.1) is 0 Å². The number of amides is 2. The molecule has 1 aliphatic rings. The predicted octanol–water partition coefficient (Wildman–Crippen LogP) is 3.68. The fourth-order valence-electron chi connectivity index (χ4n) is 4.35. The number of benzene rings is 2. The number of hydrogen-bond acceptors (Lipinski definition) is 4. The zero-order chi connectivity index (χ0) is 23.4. The Balaban J connectivity index is 1.78. The molecule has 1 aromatic heterocycles. The fourth-order valence-corrected chi connectivity index (χ4v) is 4.35. The van der Waals surface area contributed by atoms with Crippen molar-refractivity contribution in [2.24, 2.45) is 0 Å². The molecule has 1 aliphatic heterocycles. The van der Waals surface area contributed by atoms with Crippen molar-refractivity contribution >= 4 is 17.5 Å². The van der Waals surface area contributed by atoms with E-state index in [9.17, 15) is 9.59 Å². The highest BCUT2D eigenvalue weighted by Crippen LogP contribution is 2.36. The molecule has 0 spiro atoms. The molecule has 1 N–H and O–H groups in total. The zero-order valence-corrected chi connectivity index (χ0v) is 19.4. The summed E-state index contributed by atoms with van der Waals surface area (Å²) in [6, 6.07) is 19.3. The average Bonchev–Trinajstić information content (AvgIpc) is 3.26. The molecule has 0 bridgehead atoms. The first-order valence-corrected chi connectivity index (χ1v) is 11.3. The number of aryl methyl sites for hydroxylation is 1. The van der Waals surface area contributed by atoms with Crippen LogP contribution in [0.4, 0.5) is 5.69 Å². The zero-order valence-electron chi connectivity index (χ0n) is 19.4. The minimum atomic E-state index is -1.14. The number of carbonyl (C=O) groups is 2. The highest BCUT2D eigenvalue weighted by molar-refractivity contribution is 6.12. The summed E-state index contributed by atoms with van der Waals surface area (Å²) < 4.78 is 6.76. The molecule has 2 heterocycles. The lowest BCUT2D eigenvalue weighted by Gasteiger charge is -2.43. The second-order valence-corrected chi connectivity index (χ2v) is 8.44. The van der Waals surface area contributed by atoms with Gasteiger partial charge in [0.2, 0.25) is 5.91 Å². The number of carbonyl (C=O) groups excluding carboxylic acids is 2. The Labute approximate surface area is 194 Å². The molecule has 2 aromatic carbocycles. The summed E-state index contributed by atoms with van der Waals surface area (Å²) in [5.41, 5.74) is 2.76. The molecule has 33 heavy (non-hydrogen) atoms. The van der Waals surface area contributed by atoms with E-state index in [-0.39, 0.29) is 18.4 Å². The van der Waals surface area contributed by atoms with Crippen molar-refractivity contribution in [1.29, 1.82) is 0 Å². The molecule has 0 radical (unpaired) electrons. The van der Waals surface area contributed by atoms with Crippen molar-refractivity contribution in [1.82, 2.24) is 15.1 Å². The smallest absolute Gasteiger partial charge is 0.277 e. The topological polar surface area (TPSA) is 76.5 Å². The van der Waals surface area contributed by atoms with Crippen LogP contribution in [0.5, 0.6) is 0 Å². The van der Waals surface area contributed by atoms with E-state index in [4.69, 9.17) is 9.84 Å². The van der Waals surface area contributed by atoms with Crippen molar-refractivity contribution < 1.29 is 14.3 Å². The van der Waals surface area contributed by atoms with Crippen LogP contribution in [0.2, 0.25) is 0 Å². The Bertz CT molecular complexity index is 1140. The van der Waals surface area contributed by atoms with Crippen LogP contribution in [0.25, 0.3) is 11.3 Å². The van der Waals surface area contributed by atoms with Crippen molar-refractivity contribution in [3.8, 4) is 11.3 Å². The standard InChI is InChI=1S/C26H30N4O3/c1-4-19-11-8-9-14-22(19)30-24(31)23-17-21(20-12-6-5-7-13-20)28-29(23)18-26(30,2)25(32)27-15-10-16-33-3/h5-9,11-14,17H,4,10,15-16,18H2,1-3H3,(H,27,32)/t26-/m0/s1. The Kier molecular flexibility index (Phi) is 6.60. The van der Waals surface area contributed by atoms with Gasteiger partial charge >= 0.3 is 0 Å². The number of fused-ring (bicyclic) bond motifs is 1. The van der Waals surface area contributed by atoms with Crippen LogP contribution in [0.1, 0.15) is 36.3 Å². The lowest BCUT2D eigenvalue weighted by molar-refractivity contribution is -0.126. The van der Waals surface area contributed by atoms with Crippen LogP contribution < -0.4 is 10.2 Å². The Morgan fingerprint density at radius 3 is 2.61 bits per heavy atom. The molecule has 0 fully saturated rings. The third-order valence-corrected chi connectivity index (χ3v) is 6.14. The fraction of sp³-hybridized carbons (Fsp3) is 0.346. The van der Waals surface area contributed by atoms with E-state index in [0.717, 1.165) is 23.2 Å². The molecule has 3 aromatic rings. The van der Waals surface area contributed by atoms with E-state index >= 15 is 0 Å². The lowest BCUT2D eigenvalue weighted by Crippen LogP contribution is -2.64. The van der Waals surface area contributed by atoms with Crippen LogP contribution in [0.3, 0.4) is 0 Å². The monoisotopic (exact) mass is 446 g/mol. The van der Waals surface area contributed by atoms with Gasteiger partial charge in [0.05, 0.1) is 12.2 Å². The number of rotatable bonds is 8. The highest BCUT2D eigenvalue weighted by Gasteiger charge is 2.49. The van der Waals surface area contributed by atoms with Gasteiger partial charge in [0, 0.05) is 31.5 Å². The van der Waals surface area contributed by atoms with Crippen LogP contribution in [-0.2, 0) is 22.5 Å². The van der Waals surface area contributed by atoms with Crippen LogP contribution in [0.15, 0.2) is 60.7 Å². The number of nitrogens with one attached hydrogen (secondary N) is 1. The molecule has 4 rings (SSSR count). The second-order valence-electron chi connectivity index (χ2n) is 8.44. The first kappa shape index (κ1) is 22.7. The number of ether oxygens (including phenoxy) is 1. The van der Waals surface area contributed by atoms with Gasteiger partial charge in [0.1, 0.15) is 11.2 Å². The first-order chi connectivity index (χ1) is 16.0. The maximum absolute atomic E-state index is 13.9. The van der Waals surface area contributed by atoms with E-state index in [1.165, 1.54) is 0 Å². The first-order valence-electron chi connectivity index (χ1n) is 11.3. The van der Waals surface area contributed by atoms with Gasteiger partial charge in [-0.1, -0.05) is 55.5 Å². The molecule has 0 saturated heterocycles. The molecule has 0 aliphatic carbocycles. The van der Waals surface area contributed by atoms with Gasteiger partial charge in [-0.05, 0) is 37.5 Å². The summed E-state index contributed by atoms with van der Waals surface area (Å²) in [6.45, 7) is 5.15. The van der Waals surface area contributed by atoms with Gasteiger partial charge in [0.25, 0.3) is 5.91 Å². The minimum absolute atomic E-state index is 0.208. The number of aromatic nitrogens is 2. The number of anilines is 1. The van der Waals surface area contributed by atoms with E-state index in [2.05, 4.69) is 5.32 Å². The van der Waals surface area contributed by atoms with Gasteiger partial charge in [-0.3, -0.25) is 19.2 Å². The molecule has 0 unspecified atom stereocenters.